The van der Waals surface area contributed by atoms with Crippen molar-refractivity contribution in [3.8, 4) is 0 Å². The number of benzene rings is 2. The molecule has 4 fully saturated rings. The summed E-state index contributed by atoms with van der Waals surface area (Å²) in [5, 5.41) is 18.6. The predicted octanol–water partition coefficient (Wildman–Crippen LogP) is 9.11. The molecular formula is C50H61ClF2N12. The first-order valence-corrected chi connectivity index (χ1v) is 23.8. The van der Waals surface area contributed by atoms with Gasteiger partial charge in [-0.3, -0.25) is 0 Å². The highest BCUT2D eigenvalue weighted by Gasteiger charge is 2.46. The SMILES string of the molecule is CNc1nc(CC2C3CCC2CN(c2cnnc(Cl)c2)C3)nc2c1C(C)(C)CN2c1ccc(F)cc1.CNc1nc(CC2C3CCC2CNC3)nc2c1C(C)(C)CN2c1ccc(F)cc1. The number of hydrogen-bond donors (Lipinski definition) is 3. The lowest BCUT2D eigenvalue weighted by atomic mass is 9.82. The molecule has 4 bridgehead atoms. The minimum atomic E-state index is -0.233. The monoisotopic (exact) mass is 902 g/mol. The third kappa shape index (κ3) is 8.34. The van der Waals surface area contributed by atoms with Crippen LogP contribution in [0.1, 0.15) is 76.2 Å². The summed E-state index contributed by atoms with van der Waals surface area (Å²) in [6, 6.07) is 15.3. The molecule has 12 nitrogen and oxygen atoms in total. The van der Waals surface area contributed by atoms with Gasteiger partial charge >= 0.3 is 0 Å². The molecule has 4 unspecified atom stereocenters. The number of nitrogens with zero attached hydrogens (tertiary/aromatic N) is 9. The van der Waals surface area contributed by atoms with E-state index in [1.54, 1.807) is 6.20 Å². The fraction of sp³-hybridized carbons (Fsp3) is 0.520. The zero-order valence-electron chi connectivity index (χ0n) is 38.4. The maximum absolute atomic E-state index is 13.6. The Labute approximate surface area is 386 Å². The van der Waals surface area contributed by atoms with Gasteiger partial charge in [0.15, 0.2) is 5.15 Å². The normalized spacial score (nSPS) is 25.5. The van der Waals surface area contributed by atoms with Crippen LogP contribution in [-0.2, 0) is 23.7 Å². The van der Waals surface area contributed by atoms with Crippen LogP contribution >= 0.6 is 11.6 Å². The van der Waals surface area contributed by atoms with Crippen LogP contribution in [0.2, 0.25) is 5.15 Å². The van der Waals surface area contributed by atoms with Crippen molar-refractivity contribution in [1.29, 1.82) is 0 Å². The fourth-order valence-corrected chi connectivity index (χ4v) is 12.4. The van der Waals surface area contributed by atoms with Gasteiger partial charge in [-0.05, 0) is 123 Å². The van der Waals surface area contributed by atoms with E-state index in [1.165, 1.54) is 49.9 Å². The van der Waals surface area contributed by atoms with E-state index in [1.807, 2.05) is 44.4 Å². The first-order chi connectivity index (χ1) is 31.3. The smallest absolute Gasteiger partial charge is 0.153 e. The van der Waals surface area contributed by atoms with E-state index in [-0.39, 0.29) is 22.5 Å². The zero-order valence-corrected chi connectivity index (χ0v) is 39.1. The van der Waals surface area contributed by atoms with Crippen LogP contribution in [0.15, 0.2) is 60.8 Å². The molecule has 2 aliphatic carbocycles. The molecule has 3 aromatic heterocycles. The molecule has 4 atom stereocenters. The van der Waals surface area contributed by atoms with Crippen molar-refractivity contribution < 1.29 is 8.78 Å². The lowest BCUT2D eigenvalue weighted by molar-refractivity contribution is 0.241. The number of nitrogens with one attached hydrogen (secondary N) is 3. The molecule has 342 valence electrons. The standard InChI is InChI=1S/C27H31ClFN7.C23H30FN5/c1-27(2)15-36(19-8-6-18(29)7-9-19)26-24(27)25(30-3)32-23(33-26)11-21-16-4-5-17(21)14-35(13-16)20-10-22(28)34-31-12-20;1-23(2)13-29(17-8-6-16(24)7-9-17)22-20(23)21(25-3)27-19(28-22)10-18-14-4-5-15(18)12-26-11-14/h6-10,12,16-17,21H,4-5,11,13-15H2,1-3H3,(H,30,32,33);6-9,14-15,18,26H,4-5,10-13H2,1-3H3,(H,25,27,28). The Hall–Kier alpha value is -5.21. The molecule has 0 radical (unpaired) electrons. The number of rotatable bonds is 9. The van der Waals surface area contributed by atoms with E-state index >= 15 is 0 Å². The molecule has 2 aromatic carbocycles. The maximum atomic E-state index is 13.6. The predicted molar refractivity (Wildman–Crippen MR) is 255 cm³/mol. The number of fused-ring (bicyclic) bond motifs is 6. The molecule has 0 spiro atoms. The summed E-state index contributed by atoms with van der Waals surface area (Å²) < 4.78 is 27.1. The number of anilines is 7. The minimum absolute atomic E-state index is 0.0889. The summed E-state index contributed by atoms with van der Waals surface area (Å²) >= 11 is 6.10. The first kappa shape index (κ1) is 43.7. The summed E-state index contributed by atoms with van der Waals surface area (Å²) in [6.07, 6.45) is 8.68. The average molecular weight is 904 g/mol. The number of piperidine rings is 2. The van der Waals surface area contributed by atoms with Crippen molar-refractivity contribution in [1.82, 2.24) is 35.5 Å². The Morgan fingerprint density at radius 1 is 0.646 bits per heavy atom. The maximum Gasteiger partial charge on any atom is 0.153 e. The highest BCUT2D eigenvalue weighted by Crippen LogP contribution is 2.50. The second-order valence-corrected chi connectivity index (χ2v) is 20.9. The van der Waals surface area contributed by atoms with Crippen molar-refractivity contribution in [2.45, 2.75) is 77.0 Å². The molecule has 6 aliphatic rings. The topological polar surface area (TPSA) is 123 Å². The van der Waals surface area contributed by atoms with Gasteiger partial charge in [-0.25, -0.2) is 28.7 Å². The van der Waals surface area contributed by atoms with Crippen LogP contribution in [-0.4, -0.2) is 83.5 Å². The van der Waals surface area contributed by atoms with Gasteiger partial charge in [-0.2, -0.15) is 5.10 Å². The average Bonchev–Trinajstić information content (AvgIpc) is 3.87. The Balaban J connectivity index is 0.000000157. The van der Waals surface area contributed by atoms with Crippen molar-refractivity contribution in [2.24, 2.45) is 35.5 Å². The Bertz CT molecular complexity index is 2510. The van der Waals surface area contributed by atoms with Gasteiger partial charge in [0.05, 0.1) is 11.9 Å². The van der Waals surface area contributed by atoms with Gasteiger partial charge in [0.25, 0.3) is 0 Å². The quantitative estimate of drug-likeness (QED) is 0.131. The van der Waals surface area contributed by atoms with Gasteiger partial charge in [0.1, 0.15) is 46.6 Å². The molecule has 5 aromatic rings. The minimum Gasteiger partial charge on any atom is -0.373 e. The summed E-state index contributed by atoms with van der Waals surface area (Å²) in [7, 11) is 3.87. The van der Waals surface area contributed by atoms with Gasteiger partial charge in [-0.15, -0.1) is 5.10 Å². The van der Waals surface area contributed by atoms with E-state index in [4.69, 9.17) is 31.5 Å². The van der Waals surface area contributed by atoms with Gasteiger partial charge < -0.3 is 30.7 Å². The Kier molecular flexibility index (Phi) is 11.6. The van der Waals surface area contributed by atoms with E-state index in [9.17, 15) is 8.78 Å². The van der Waals surface area contributed by atoms with Crippen LogP contribution in [0.4, 0.5) is 49.1 Å². The molecule has 7 heterocycles. The fourth-order valence-electron chi connectivity index (χ4n) is 12.3. The van der Waals surface area contributed by atoms with Crippen LogP contribution in [0, 0.1) is 47.1 Å². The number of aromatic nitrogens is 6. The van der Waals surface area contributed by atoms with E-state index < -0.39 is 0 Å². The Morgan fingerprint density at radius 3 is 1.54 bits per heavy atom. The molecule has 4 aliphatic heterocycles. The largest absolute Gasteiger partial charge is 0.373 e. The first-order valence-electron chi connectivity index (χ1n) is 23.5. The van der Waals surface area contributed by atoms with Crippen molar-refractivity contribution in [3.63, 3.8) is 0 Å². The number of hydrogen-bond acceptors (Lipinski definition) is 12. The van der Waals surface area contributed by atoms with Crippen LogP contribution in [0.5, 0.6) is 0 Å². The third-order valence-corrected chi connectivity index (χ3v) is 15.6. The van der Waals surface area contributed by atoms with Gasteiger partial charge in [-0.1, -0.05) is 39.3 Å². The van der Waals surface area contributed by atoms with Crippen LogP contribution < -0.4 is 30.7 Å². The van der Waals surface area contributed by atoms with E-state index in [0.717, 1.165) is 127 Å². The lowest BCUT2D eigenvalue weighted by Gasteiger charge is -2.39. The van der Waals surface area contributed by atoms with E-state index in [0.29, 0.717) is 28.8 Å². The Morgan fingerprint density at radius 2 is 1.09 bits per heavy atom. The van der Waals surface area contributed by atoms with Crippen LogP contribution in [0.25, 0.3) is 0 Å². The number of halogens is 3. The summed E-state index contributed by atoms with van der Waals surface area (Å²) in [6.45, 7) is 14.7. The lowest BCUT2D eigenvalue weighted by Crippen LogP contribution is -2.43. The van der Waals surface area contributed by atoms with Crippen molar-refractivity contribution in [2.75, 3.05) is 78.7 Å². The summed E-state index contributed by atoms with van der Waals surface area (Å²) in [5.74, 6) is 8.96. The highest BCUT2D eigenvalue weighted by atomic mass is 35.5. The summed E-state index contributed by atoms with van der Waals surface area (Å²) in [4.78, 5) is 27.1. The van der Waals surface area contributed by atoms with Crippen molar-refractivity contribution in [3.05, 3.63) is 100 Å². The van der Waals surface area contributed by atoms with Gasteiger partial charge in [0, 0.05) is 92.5 Å². The molecule has 15 heteroatoms. The molecule has 11 rings (SSSR count). The molecule has 3 N–H and O–H groups in total. The molecule has 2 saturated carbocycles. The molecule has 2 saturated heterocycles. The second-order valence-electron chi connectivity index (χ2n) is 20.5. The van der Waals surface area contributed by atoms with E-state index in [2.05, 4.69) is 68.5 Å². The molecule has 0 amide bonds. The summed E-state index contributed by atoms with van der Waals surface area (Å²) in [5.41, 5.74) is 5.03. The van der Waals surface area contributed by atoms with Crippen molar-refractivity contribution >= 4 is 51.9 Å². The van der Waals surface area contributed by atoms with Crippen LogP contribution in [0.3, 0.4) is 0 Å². The zero-order chi connectivity index (χ0) is 45.2. The third-order valence-electron chi connectivity index (χ3n) is 15.4. The van der Waals surface area contributed by atoms with Gasteiger partial charge in [0.2, 0.25) is 0 Å². The molecule has 65 heavy (non-hydrogen) atoms. The second kappa shape index (κ2) is 17.2. The highest BCUT2D eigenvalue weighted by molar-refractivity contribution is 6.29. The molecular weight excluding hydrogens is 842 g/mol.